The van der Waals surface area contributed by atoms with Gasteiger partial charge in [0.05, 0.1) is 5.02 Å². The van der Waals surface area contributed by atoms with Crippen LogP contribution in [0.1, 0.15) is 19.3 Å². The van der Waals surface area contributed by atoms with E-state index in [1.54, 1.807) is 18.2 Å². The van der Waals surface area contributed by atoms with Crippen LogP contribution in [0, 0.1) is 0 Å². The van der Waals surface area contributed by atoms with Gasteiger partial charge in [0.1, 0.15) is 17.6 Å². The fourth-order valence-corrected chi connectivity index (χ4v) is 2.03. The van der Waals surface area contributed by atoms with E-state index in [-0.39, 0.29) is 11.9 Å². The second kappa shape index (κ2) is 5.41. The van der Waals surface area contributed by atoms with Gasteiger partial charge in [-0.3, -0.25) is 0 Å². The Labute approximate surface area is 100 Å². The standard InChI is InChI=1S/C12H16ClNO2/c13-11-4-3-9(15)8-12(11)16-10-2-1-6-14-7-5-10/h3-4,8,10,14-15H,1-2,5-7H2. The maximum Gasteiger partial charge on any atom is 0.141 e. The maximum atomic E-state index is 9.37. The van der Waals surface area contributed by atoms with Crippen LogP contribution in [0.15, 0.2) is 18.2 Å². The number of halogens is 1. The molecule has 0 radical (unpaired) electrons. The van der Waals surface area contributed by atoms with Crippen LogP contribution in [0.25, 0.3) is 0 Å². The first-order valence-corrected chi connectivity index (χ1v) is 5.99. The van der Waals surface area contributed by atoms with Crippen LogP contribution in [0.5, 0.6) is 11.5 Å². The van der Waals surface area contributed by atoms with Crippen molar-refractivity contribution < 1.29 is 9.84 Å². The molecule has 88 valence electrons. The van der Waals surface area contributed by atoms with Gasteiger partial charge in [0.2, 0.25) is 0 Å². The van der Waals surface area contributed by atoms with E-state index in [0.717, 1.165) is 32.4 Å². The maximum absolute atomic E-state index is 9.37. The predicted molar refractivity (Wildman–Crippen MR) is 64.3 cm³/mol. The molecule has 1 fully saturated rings. The molecule has 0 aromatic heterocycles. The average Bonchev–Trinajstić information content (AvgIpc) is 2.52. The number of rotatable bonds is 2. The van der Waals surface area contributed by atoms with Crippen molar-refractivity contribution in [3.05, 3.63) is 23.2 Å². The van der Waals surface area contributed by atoms with Crippen LogP contribution in [0.3, 0.4) is 0 Å². The molecule has 1 atom stereocenters. The first-order valence-electron chi connectivity index (χ1n) is 5.61. The highest BCUT2D eigenvalue weighted by molar-refractivity contribution is 6.32. The normalized spacial score (nSPS) is 21.4. The molecule has 1 saturated heterocycles. The van der Waals surface area contributed by atoms with E-state index >= 15 is 0 Å². The Morgan fingerprint density at radius 3 is 3.06 bits per heavy atom. The van der Waals surface area contributed by atoms with Crippen molar-refractivity contribution in [3.8, 4) is 11.5 Å². The third-order valence-electron chi connectivity index (χ3n) is 2.73. The predicted octanol–water partition coefficient (Wildman–Crippen LogP) is 2.57. The molecule has 1 unspecified atom stereocenters. The molecule has 1 aromatic rings. The smallest absolute Gasteiger partial charge is 0.141 e. The molecule has 0 bridgehead atoms. The fourth-order valence-electron chi connectivity index (χ4n) is 1.87. The Bertz CT molecular complexity index is 349. The van der Waals surface area contributed by atoms with Gasteiger partial charge in [0.25, 0.3) is 0 Å². The molecule has 1 aromatic carbocycles. The summed E-state index contributed by atoms with van der Waals surface area (Å²) in [6.07, 6.45) is 3.31. The van der Waals surface area contributed by atoms with Crippen LogP contribution >= 0.6 is 11.6 Å². The lowest BCUT2D eigenvalue weighted by molar-refractivity contribution is 0.187. The lowest BCUT2D eigenvalue weighted by Crippen LogP contribution is -2.19. The highest BCUT2D eigenvalue weighted by atomic mass is 35.5. The van der Waals surface area contributed by atoms with Crippen LogP contribution < -0.4 is 10.1 Å². The van der Waals surface area contributed by atoms with Crippen molar-refractivity contribution in [3.63, 3.8) is 0 Å². The van der Waals surface area contributed by atoms with Gasteiger partial charge in [0, 0.05) is 6.07 Å². The Kier molecular flexibility index (Phi) is 3.91. The molecular weight excluding hydrogens is 226 g/mol. The van der Waals surface area contributed by atoms with Gasteiger partial charge in [-0.2, -0.15) is 0 Å². The largest absolute Gasteiger partial charge is 0.508 e. The van der Waals surface area contributed by atoms with Crippen molar-refractivity contribution in [1.29, 1.82) is 0 Å². The van der Waals surface area contributed by atoms with Gasteiger partial charge in [-0.05, 0) is 44.5 Å². The average molecular weight is 242 g/mol. The lowest BCUT2D eigenvalue weighted by atomic mass is 10.1. The number of benzene rings is 1. The third-order valence-corrected chi connectivity index (χ3v) is 3.04. The molecule has 16 heavy (non-hydrogen) atoms. The van der Waals surface area contributed by atoms with E-state index in [2.05, 4.69) is 5.32 Å². The summed E-state index contributed by atoms with van der Waals surface area (Å²) in [5, 5.41) is 13.2. The molecule has 0 saturated carbocycles. The second-order valence-corrected chi connectivity index (χ2v) is 4.44. The quantitative estimate of drug-likeness (QED) is 0.836. The molecule has 1 aliphatic rings. The van der Waals surface area contributed by atoms with Crippen LogP contribution in [-0.4, -0.2) is 24.3 Å². The minimum Gasteiger partial charge on any atom is -0.508 e. The van der Waals surface area contributed by atoms with E-state index in [4.69, 9.17) is 16.3 Å². The van der Waals surface area contributed by atoms with Crippen LogP contribution in [-0.2, 0) is 0 Å². The summed E-state index contributed by atoms with van der Waals surface area (Å²) >= 11 is 6.00. The molecular formula is C12H16ClNO2. The van der Waals surface area contributed by atoms with E-state index < -0.39 is 0 Å². The first kappa shape index (κ1) is 11.6. The second-order valence-electron chi connectivity index (χ2n) is 4.04. The van der Waals surface area contributed by atoms with E-state index in [9.17, 15) is 5.11 Å². The first-order chi connectivity index (χ1) is 7.75. The number of aromatic hydroxyl groups is 1. The van der Waals surface area contributed by atoms with Gasteiger partial charge in [-0.15, -0.1) is 0 Å². The zero-order chi connectivity index (χ0) is 11.4. The van der Waals surface area contributed by atoms with Crippen LogP contribution in [0.4, 0.5) is 0 Å². The minimum atomic E-state index is 0.186. The molecule has 0 amide bonds. The Balaban J connectivity index is 2.04. The van der Waals surface area contributed by atoms with Gasteiger partial charge in [-0.25, -0.2) is 0 Å². The number of hydrogen-bond donors (Lipinski definition) is 2. The molecule has 1 heterocycles. The van der Waals surface area contributed by atoms with Gasteiger partial charge in [-0.1, -0.05) is 11.6 Å². The summed E-state index contributed by atoms with van der Waals surface area (Å²) in [6.45, 7) is 2.02. The number of phenolic OH excluding ortho intramolecular Hbond substituents is 1. The molecule has 1 aliphatic heterocycles. The third kappa shape index (κ3) is 3.03. The highest BCUT2D eigenvalue weighted by Gasteiger charge is 2.15. The van der Waals surface area contributed by atoms with Gasteiger partial charge >= 0.3 is 0 Å². The zero-order valence-electron chi connectivity index (χ0n) is 9.08. The molecule has 4 heteroatoms. The molecule has 3 nitrogen and oxygen atoms in total. The lowest BCUT2D eigenvalue weighted by Gasteiger charge is -2.17. The number of nitrogens with one attached hydrogen (secondary N) is 1. The fraction of sp³-hybridized carbons (Fsp3) is 0.500. The van der Waals surface area contributed by atoms with Crippen molar-refractivity contribution in [1.82, 2.24) is 5.32 Å². The van der Waals surface area contributed by atoms with E-state index in [1.165, 1.54) is 0 Å². The molecule has 2 rings (SSSR count). The van der Waals surface area contributed by atoms with Crippen molar-refractivity contribution >= 4 is 11.6 Å². The van der Waals surface area contributed by atoms with Crippen molar-refractivity contribution in [2.75, 3.05) is 13.1 Å². The van der Waals surface area contributed by atoms with Gasteiger partial charge < -0.3 is 15.2 Å². The van der Waals surface area contributed by atoms with Crippen molar-refractivity contribution in [2.45, 2.75) is 25.4 Å². The van der Waals surface area contributed by atoms with Crippen molar-refractivity contribution in [2.24, 2.45) is 0 Å². The summed E-state index contributed by atoms with van der Waals surface area (Å²) in [7, 11) is 0. The number of phenols is 1. The molecule has 2 N–H and O–H groups in total. The SMILES string of the molecule is Oc1ccc(Cl)c(OC2CCCNCC2)c1. The zero-order valence-corrected chi connectivity index (χ0v) is 9.83. The van der Waals surface area contributed by atoms with E-state index in [0.29, 0.717) is 10.8 Å². The summed E-state index contributed by atoms with van der Waals surface area (Å²) in [5.74, 6) is 0.764. The number of hydrogen-bond acceptors (Lipinski definition) is 3. The highest BCUT2D eigenvalue weighted by Crippen LogP contribution is 2.30. The Hall–Kier alpha value is -0.930. The minimum absolute atomic E-state index is 0.186. The van der Waals surface area contributed by atoms with Gasteiger partial charge in [0.15, 0.2) is 0 Å². The summed E-state index contributed by atoms with van der Waals surface area (Å²) in [5.41, 5.74) is 0. The summed E-state index contributed by atoms with van der Waals surface area (Å²) in [4.78, 5) is 0. The van der Waals surface area contributed by atoms with E-state index in [1.807, 2.05) is 0 Å². The Morgan fingerprint density at radius 2 is 2.19 bits per heavy atom. The monoisotopic (exact) mass is 241 g/mol. The van der Waals surface area contributed by atoms with Crippen LogP contribution in [0.2, 0.25) is 5.02 Å². The molecule has 0 aliphatic carbocycles. The molecule has 0 spiro atoms. The summed E-state index contributed by atoms with van der Waals surface area (Å²) in [6, 6.07) is 4.78. The summed E-state index contributed by atoms with van der Waals surface area (Å²) < 4.78 is 5.81. The topological polar surface area (TPSA) is 41.5 Å². The Morgan fingerprint density at radius 1 is 1.31 bits per heavy atom. The number of ether oxygens (including phenoxy) is 1.